The zero-order valence-corrected chi connectivity index (χ0v) is 18.8. The Hall–Kier alpha value is -1.93. The molecule has 30 heavy (non-hydrogen) atoms. The second kappa shape index (κ2) is 9.47. The van der Waals surface area contributed by atoms with Crippen molar-refractivity contribution in [1.82, 2.24) is 14.7 Å². The summed E-state index contributed by atoms with van der Waals surface area (Å²) in [6, 6.07) is 7.61. The number of para-hydroxylation sites is 1. The second-order valence-electron chi connectivity index (χ2n) is 8.40. The van der Waals surface area contributed by atoms with Crippen LogP contribution < -0.4 is 4.90 Å². The summed E-state index contributed by atoms with van der Waals surface area (Å²) in [4.78, 5) is 45.7. The summed E-state index contributed by atoms with van der Waals surface area (Å²) in [6.45, 7) is 5.27. The summed E-state index contributed by atoms with van der Waals surface area (Å²) >= 11 is 3.50. The molecule has 3 aliphatic heterocycles. The molecule has 4 rings (SSSR count). The van der Waals surface area contributed by atoms with Gasteiger partial charge in [-0.3, -0.25) is 19.3 Å². The van der Waals surface area contributed by atoms with Crippen molar-refractivity contribution in [2.75, 3.05) is 57.3 Å². The molecular weight excluding hydrogens is 448 g/mol. The molecule has 0 radical (unpaired) electrons. The number of carbonyl (C=O) groups excluding carboxylic acids is 3. The third-order valence-corrected chi connectivity index (χ3v) is 7.04. The SMILES string of the molecule is O=C(CN1CCN(C(=O)C2CC(=O)N(c3ccccc3Br)C2)CC1)N1CCCCC1. The van der Waals surface area contributed by atoms with Crippen molar-refractivity contribution in [3.05, 3.63) is 28.7 Å². The van der Waals surface area contributed by atoms with Crippen LogP contribution >= 0.6 is 15.9 Å². The Morgan fingerprint density at radius 3 is 2.33 bits per heavy atom. The molecule has 162 valence electrons. The Morgan fingerprint density at radius 2 is 1.63 bits per heavy atom. The third-order valence-electron chi connectivity index (χ3n) is 6.37. The minimum Gasteiger partial charge on any atom is -0.342 e. The van der Waals surface area contributed by atoms with E-state index in [4.69, 9.17) is 0 Å². The van der Waals surface area contributed by atoms with Crippen LogP contribution in [0.1, 0.15) is 25.7 Å². The van der Waals surface area contributed by atoms with E-state index in [1.807, 2.05) is 34.1 Å². The van der Waals surface area contributed by atoms with Crippen LogP contribution in [0.5, 0.6) is 0 Å². The van der Waals surface area contributed by atoms with E-state index in [9.17, 15) is 14.4 Å². The van der Waals surface area contributed by atoms with Gasteiger partial charge in [0.05, 0.1) is 18.2 Å². The van der Waals surface area contributed by atoms with Gasteiger partial charge in [-0.2, -0.15) is 0 Å². The summed E-state index contributed by atoms with van der Waals surface area (Å²) in [7, 11) is 0. The zero-order chi connectivity index (χ0) is 21.1. The third kappa shape index (κ3) is 4.70. The first-order valence-electron chi connectivity index (χ1n) is 10.9. The van der Waals surface area contributed by atoms with Crippen molar-refractivity contribution in [1.29, 1.82) is 0 Å². The molecule has 0 spiro atoms. The Bertz CT molecular complexity index is 803. The number of anilines is 1. The maximum atomic E-state index is 13.0. The molecule has 0 bridgehead atoms. The van der Waals surface area contributed by atoms with Crippen LogP contribution in [0.4, 0.5) is 5.69 Å². The molecule has 7 nitrogen and oxygen atoms in total. The van der Waals surface area contributed by atoms with Crippen molar-refractivity contribution in [3.8, 4) is 0 Å². The lowest BCUT2D eigenvalue weighted by molar-refractivity contribution is -0.138. The van der Waals surface area contributed by atoms with Crippen LogP contribution in [0, 0.1) is 5.92 Å². The summed E-state index contributed by atoms with van der Waals surface area (Å²) in [5.74, 6) is -0.0444. The summed E-state index contributed by atoms with van der Waals surface area (Å²) in [5, 5.41) is 0. The van der Waals surface area contributed by atoms with Crippen LogP contribution in [0.25, 0.3) is 0 Å². The highest BCUT2D eigenvalue weighted by Crippen LogP contribution is 2.32. The number of rotatable bonds is 4. The van der Waals surface area contributed by atoms with E-state index >= 15 is 0 Å². The van der Waals surface area contributed by atoms with Crippen molar-refractivity contribution in [2.24, 2.45) is 5.92 Å². The molecule has 0 N–H and O–H groups in total. The first-order valence-corrected chi connectivity index (χ1v) is 11.7. The predicted molar refractivity (Wildman–Crippen MR) is 118 cm³/mol. The van der Waals surface area contributed by atoms with Crippen molar-refractivity contribution < 1.29 is 14.4 Å². The molecule has 3 amide bonds. The van der Waals surface area contributed by atoms with E-state index in [-0.39, 0.29) is 30.1 Å². The summed E-state index contributed by atoms with van der Waals surface area (Å²) < 4.78 is 0.860. The van der Waals surface area contributed by atoms with Gasteiger partial charge in [0.1, 0.15) is 0 Å². The topological polar surface area (TPSA) is 64.2 Å². The van der Waals surface area contributed by atoms with Gasteiger partial charge in [-0.05, 0) is 47.3 Å². The number of nitrogens with zero attached hydrogens (tertiary/aromatic N) is 4. The molecule has 1 unspecified atom stereocenters. The number of piperazine rings is 1. The van der Waals surface area contributed by atoms with Crippen LogP contribution in [0.2, 0.25) is 0 Å². The molecule has 3 saturated heterocycles. The van der Waals surface area contributed by atoms with Gasteiger partial charge >= 0.3 is 0 Å². The molecule has 1 atom stereocenters. The van der Waals surface area contributed by atoms with Gasteiger partial charge in [0, 0.05) is 56.7 Å². The normalized spacial score (nSPS) is 23.2. The zero-order valence-electron chi connectivity index (χ0n) is 17.3. The van der Waals surface area contributed by atoms with Gasteiger partial charge in [0.15, 0.2) is 0 Å². The first-order chi connectivity index (χ1) is 14.5. The van der Waals surface area contributed by atoms with Gasteiger partial charge < -0.3 is 14.7 Å². The predicted octanol–water partition coefficient (Wildman–Crippen LogP) is 1.96. The van der Waals surface area contributed by atoms with E-state index < -0.39 is 0 Å². The number of hydrogen-bond acceptors (Lipinski definition) is 4. The standard InChI is InChI=1S/C22H29BrN4O3/c23-18-6-2-3-7-19(18)27-15-17(14-20(27)28)22(30)26-12-10-24(11-13-26)16-21(29)25-8-4-1-5-9-25/h2-3,6-7,17H,1,4-5,8-16H2. The van der Waals surface area contributed by atoms with Crippen molar-refractivity contribution >= 4 is 39.3 Å². The van der Waals surface area contributed by atoms with Crippen LogP contribution in [-0.2, 0) is 14.4 Å². The number of amides is 3. The molecule has 0 aliphatic carbocycles. The van der Waals surface area contributed by atoms with E-state index in [1.54, 1.807) is 4.90 Å². The Kier molecular flexibility index (Phi) is 6.73. The molecule has 1 aromatic carbocycles. The fourth-order valence-corrected chi connectivity index (χ4v) is 5.09. The fraction of sp³-hybridized carbons (Fsp3) is 0.591. The van der Waals surface area contributed by atoms with Crippen LogP contribution in [0.3, 0.4) is 0 Å². The van der Waals surface area contributed by atoms with Crippen LogP contribution in [0.15, 0.2) is 28.7 Å². The van der Waals surface area contributed by atoms with Crippen molar-refractivity contribution in [3.63, 3.8) is 0 Å². The van der Waals surface area contributed by atoms with E-state index in [2.05, 4.69) is 20.8 Å². The number of likely N-dealkylation sites (tertiary alicyclic amines) is 1. The minimum atomic E-state index is -0.300. The Morgan fingerprint density at radius 1 is 0.933 bits per heavy atom. The van der Waals surface area contributed by atoms with Gasteiger partial charge in [0.2, 0.25) is 17.7 Å². The molecule has 3 heterocycles. The average molecular weight is 477 g/mol. The molecule has 0 saturated carbocycles. The second-order valence-corrected chi connectivity index (χ2v) is 9.25. The molecule has 1 aromatic rings. The fourth-order valence-electron chi connectivity index (χ4n) is 4.60. The first kappa shape index (κ1) is 21.3. The monoisotopic (exact) mass is 476 g/mol. The highest BCUT2D eigenvalue weighted by Gasteiger charge is 2.38. The van der Waals surface area contributed by atoms with Gasteiger partial charge in [-0.25, -0.2) is 0 Å². The lowest BCUT2D eigenvalue weighted by Gasteiger charge is -2.37. The van der Waals surface area contributed by atoms with Gasteiger partial charge in [-0.1, -0.05) is 12.1 Å². The smallest absolute Gasteiger partial charge is 0.236 e. The van der Waals surface area contributed by atoms with E-state index in [1.165, 1.54) is 6.42 Å². The molecule has 3 fully saturated rings. The number of piperidine rings is 1. The molecular formula is C22H29BrN4O3. The number of benzene rings is 1. The van der Waals surface area contributed by atoms with Crippen molar-refractivity contribution in [2.45, 2.75) is 25.7 Å². The number of hydrogen-bond donors (Lipinski definition) is 0. The quantitative estimate of drug-likeness (QED) is 0.666. The lowest BCUT2D eigenvalue weighted by Crippen LogP contribution is -2.53. The molecule has 8 heteroatoms. The summed E-state index contributed by atoms with van der Waals surface area (Å²) in [6.07, 6.45) is 3.68. The Labute approximate surface area is 186 Å². The van der Waals surface area contributed by atoms with E-state index in [0.29, 0.717) is 39.3 Å². The van der Waals surface area contributed by atoms with Crippen LogP contribution in [-0.4, -0.2) is 84.8 Å². The maximum Gasteiger partial charge on any atom is 0.236 e. The highest BCUT2D eigenvalue weighted by atomic mass is 79.9. The number of carbonyl (C=O) groups is 3. The maximum absolute atomic E-state index is 13.0. The van der Waals surface area contributed by atoms with Gasteiger partial charge in [0.25, 0.3) is 0 Å². The van der Waals surface area contributed by atoms with Gasteiger partial charge in [-0.15, -0.1) is 0 Å². The minimum absolute atomic E-state index is 0.00832. The Balaban J connectivity index is 1.28. The largest absolute Gasteiger partial charge is 0.342 e. The highest BCUT2D eigenvalue weighted by molar-refractivity contribution is 9.10. The lowest BCUT2D eigenvalue weighted by atomic mass is 10.1. The molecule has 0 aromatic heterocycles. The van der Waals surface area contributed by atoms with E-state index in [0.717, 1.165) is 36.1 Å². The number of halogens is 1. The summed E-state index contributed by atoms with van der Waals surface area (Å²) in [5.41, 5.74) is 0.818. The average Bonchev–Trinajstić information content (AvgIpc) is 3.16. The molecule has 3 aliphatic rings.